The minimum atomic E-state index is -3.73. The predicted octanol–water partition coefficient (Wildman–Crippen LogP) is 2.47. The highest BCUT2D eigenvalue weighted by molar-refractivity contribution is 7.89. The SMILES string of the molecule is COc1ccc(OC)c(S(=O)(=O)N2CCOC(c3ccccc3)C2)c1. The molecular formula is C18H21NO5S. The van der Waals surface area contributed by atoms with Gasteiger partial charge in [-0.3, -0.25) is 0 Å². The molecule has 7 heteroatoms. The average Bonchev–Trinajstić information content (AvgIpc) is 2.68. The maximum atomic E-state index is 13.1. The number of ether oxygens (including phenoxy) is 3. The fourth-order valence-corrected chi connectivity index (χ4v) is 4.43. The summed E-state index contributed by atoms with van der Waals surface area (Å²) < 4.78 is 43.9. The normalized spacial score (nSPS) is 18.7. The first kappa shape index (κ1) is 17.7. The highest BCUT2D eigenvalue weighted by Crippen LogP contribution is 2.33. The molecule has 134 valence electrons. The monoisotopic (exact) mass is 363 g/mol. The second-order valence-corrected chi connectivity index (χ2v) is 7.56. The first-order valence-electron chi connectivity index (χ1n) is 7.95. The van der Waals surface area contributed by atoms with Gasteiger partial charge in [0.2, 0.25) is 10.0 Å². The number of rotatable bonds is 5. The molecule has 2 aromatic carbocycles. The Hall–Kier alpha value is -2.09. The summed E-state index contributed by atoms with van der Waals surface area (Å²) in [5, 5.41) is 0. The van der Waals surface area contributed by atoms with Gasteiger partial charge in [-0.2, -0.15) is 4.31 Å². The van der Waals surface area contributed by atoms with Crippen LogP contribution in [0.25, 0.3) is 0 Å². The van der Waals surface area contributed by atoms with Crippen molar-refractivity contribution in [3.63, 3.8) is 0 Å². The molecule has 1 atom stereocenters. The molecule has 0 saturated carbocycles. The van der Waals surface area contributed by atoms with E-state index in [2.05, 4.69) is 0 Å². The second-order valence-electron chi connectivity index (χ2n) is 5.65. The van der Waals surface area contributed by atoms with Crippen molar-refractivity contribution in [1.82, 2.24) is 4.31 Å². The Balaban J connectivity index is 1.92. The average molecular weight is 363 g/mol. The molecule has 1 aliphatic heterocycles. The van der Waals surface area contributed by atoms with Crippen LogP contribution in [0.4, 0.5) is 0 Å². The van der Waals surface area contributed by atoms with Crippen LogP contribution >= 0.6 is 0 Å². The minimum Gasteiger partial charge on any atom is -0.497 e. The minimum absolute atomic E-state index is 0.100. The van der Waals surface area contributed by atoms with Gasteiger partial charge in [0.25, 0.3) is 0 Å². The molecule has 0 N–H and O–H groups in total. The molecule has 0 bridgehead atoms. The zero-order valence-electron chi connectivity index (χ0n) is 14.2. The van der Waals surface area contributed by atoms with Crippen LogP contribution in [0.1, 0.15) is 11.7 Å². The van der Waals surface area contributed by atoms with Gasteiger partial charge >= 0.3 is 0 Å². The Morgan fingerprint density at radius 3 is 2.52 bits per heavy atom. The largest absolute Gasteiger partial charge is 0.497 e. The standard InChI is InChI=1S/C18H21NO5S/c1-22-15-8-9-16(23-2)18(12-15)25(20,21)19-10-11-24-17(13-19)14-6-4-3-5-7-14/h3-9,12,17H,10-11,13H2,1-2H3. The van der Waals surface area contributed by atoms with Crippen LogP contribution in [0.3, 0.4) is 0 Å². The van der Waals surface area contributed by atoms with E-state index in [4.69, 9.17) is 14.2 Å². The van der Waals surface area contributed by atoms with E-state index in [1.165, 1.54) is 24.6 Å². The molecule has 6 nitrogen and oxygen atoms in total. The summed E-state index contributed by atoms with van der Waals surface area (Å²) in [7, 11) is -0.780. The van der Waals surface area contributed by atoms with Crippen LogP contribution < -0.4 is 9.47 Å². The molecule has 3 rings (SSSR count). The Labute approximate surface area is 148 Å². The molecule has 0 spiro atoms. The lowest BCUT2D eigenvalue weighted by Gasteiger charge is -2.32. The van der Waals surface area contributed by atoms with Gasteiger partial charge in [-0.1, -0.05) is 30.3 Å². The maximum Gasteiger partial charge on any atom is 0.247 e. The summed E-state index contributed by atoms with van der Waals surface area (Å²) in [5.74, 6) is 0.760. The summed E-state index contributed by atoms with van der Waals surface area (Å²) >= 11 is 0. The molecule has 0 amide bonds. The van der Waals surface area contributed by atoms with Crippen molar-refractivity contribution < 1.29 is 22.6 Å². The lowest BCUT2D eigenvalue weighted by atomic mass is 10.1. The number of hydrogen-bond acceptors (Lipinski definition) is 5. The van der Waals surface area contributed by atoms with Crippen molar-refractivity contribution in [2.24, 2.45) is 0 Å². The number of benzene rings is 2. The Bertz CT molecular complexity index is 823. The van der Waals surface area contributed by atoms with E-state index in [-0.39, 0.29) is 17.5 Å². The zero-order valence-corrected chi connectivity index (χ0v) is 15.0. The molecule has 1 fully saturated rings. The maximum absolute atomic E-state index is 13.1. The van der Waals surface area contributed by atoms with Crippen molar-refractivity contribution >= 4 is 10.0 Å². The topological polar surface area (TPSA) is 65.1 Å². The van der Waals surface area contributed by atoms with E-state index >= 15 is 0 Å². The van der Waals surface area contributed by atoms with Crippen molar-refractivity contribution in [3.8, 4) is 11.5 Å². The van der Waals surface area contributed by atoms with Gasteiger partial charge in [0.15, 0.2) is 0 Å². The Morgan fingerprint density at radius 1 is 1.08 bits per heavy atom. The van der Waals surface area contributed by atoms with Crippen LogP contribution in [0, 0.1) is 0 Å². The van der Waals surface area contributed by atoms with Crippen molar-refractivity contribution in [1.29, 1.82) is 0 Å². The van der Waals surface area contributed by atoms with Crippen molar-refractivity contribution in [2.45, 2.75) is 11.0 Å². The first-order valence-corrected chi connectivity index (χ1v) is 9.39. The Morgan fingerprint density at radius 2 is 1.84 bits per heavy atom. The number of morpholine rings is 1. The lowest BCUT2D eigenvalue weighted by molar-refractivity contribution is -0.00259. The lowest BCUT2D eigenvalue weighted by Crippen LogP contribution is -2.42. The van der Waals surface area contributed by atoms with E-state index in [9.17, 15) is 8.42 Å². The molecule has 1 saturated heterocycles. The van der Waals surface area contributed by atoms with Crippen LogP contribution in [-0.4, -0.2) is 46.6 Å². The first-order chi connectivity index (χ1) is 12.1. The Kier molecular flexibility index (Phi) is 5.27. The summed E-state index contributed by atoms with van der Waals surface area (Å²) in [6, 6.07) is 14.4. The van der Waals surface area contributed by atoms with Gasteiger partial charge in [-0.15, -0.1) is 0 Å². The van der Waals surface area contributed by atoms with E-state index in [0.29, 0.717) is 24.7 Å². The number of hydrogen-bond donors (Lipinski definition) is 0. The predicted molar refractivity (Wildman–Crippen MR) is 93.4 cm³/mol. The quantitative estimate of drug-likeness (QED) is 0.816. The fraction of sp³-hybridized carbons (Fsp3) is 0.333. The summed E-state index contributed by atoms with van der Waals surface area (Å²) in [6.45, 7) is 0.893. The van der Waals surface area contributed by atoms with Gasteiger partial charge in [-0.25, -0.2) is 8.42 Å². The van der Waals surface area contributed by atoms with Crippen LogP contribution in [0.15, 0.2) is 53.4 Å². The van der Waals surface area contributed by atoms with Crippen molar-refractivity contribution in [3.05, 3.63) is 54.1 Å². The molecule has 0 aliphatic carbocycles. The summed E-state index contributed by atoms with van der Waals surface area (Å²) in [5.41, 5.74) is 0.958. The van der Waals surface area contributed by atoms with E-state index in [1.54, 1.807) is 12.1 Å². The van der Waals surface area contributed by atoms with Crippen LogP contribution in [-0.2, 0) is 14.8 Å². The molecule has 0 radical (unpaired) electrons. The molecule has 1 heterocycles. The van der Waals surface area contributed by atoms with Gasteiger partial charge in [-0.05, 0) is 17.7 Å². The fourth-order valence-electron chi connectivity index (χ4n) is 2.84. The number of sulfonamides is 1. The van der Waals surface area contributed by atoms with E-state index in [0.717, 1.165) is 5.56 Å². The zero-order chi connectivity index (χ0) is 17.9. The van der Waals surface area contributed by atoms with E-state index < -0.39 is 10.0 Å². The van der Waals surface area contributed by atoms with Gasteiger partial charge in [0.1, 0.15) is 16.4 Å². The number of methoxy groups -OCH3 is 2. The molecule has 1 unspecified atom stereocenters. The van der Waals surface area contributed by atoms with E-state index in [1.807, 2.05) is 30.3 Å². The van der Waals surface area contributed by atoms with Crippen LogP contribution in [0.5, 0.6) is 11.5 Å². The highest BCUT2D eigenvalue weighted by atomic mass is 32.2. The molecule has 0 aromatic heterocycles. The molecule has 1 aliphatic rings. The highest BCUT2D eigenvalue weighted by Gasteiger charge is 2.33. The van der Waals surface area contributed by atoms with Gasteiger partial charge < -0.3 is 14.2 Å². The molecular weight excluding hydrogens is 342 g/mol. The third kappa shape index (κ3) is 3.63. The van der Waals surface area contributed by atoms with Crippen molar-refractivity contribution in [2.75, 3.05) is 33.9 Å². The van der Waals surface area contributed by atoms with Crippen LogP contribution in [0.2, 0.25) is 0 Å². The second kappa shape index (κ2) is 7.43. The summed E-state index contributed by atoms with van der Waals surface area (Å²) in [4.78, 5) is 0.100. The number of nitrogens with zero attached hydrogens (tertiary/aromatic N) is 1. The summed E-state index contributed by atoms with van der Waals surface area (Å²) in [6.07, 6.45) is -0.290. The van der Waals surface area contributed by atoms with Gasteiger partial charge in [0.05, 0.1) is 26.9 Å². The third-order valence-electron chi connectivity index (χ3n) is 4.19. The molecule has 25 heavy (non-hydrogen) atoms. The van der Waals surface area contributed by atoms with Gasteiger partial charge in [0, 0.05) is 19.2 Å². The third-order valence-corrected chi connectivity index (χ3v) is 6.08. The smallest absolute Gasteiger partial charge is 0.247 e. The molecule has 2 aromatic rings.